The predicted octanol–water partition coefficient (Wildman–Crippen LogP) is 1.77. The maximum atomic E-state index is 12.1. The van der Waals surface area contributed by atoms with Crippen molar-refractivity contribution in [3.63, 3.8) is 0 Å². The van der Waals surface area contributed by atoms with Gasteiger partial charge >= 0.3 is 0 Å². The lowest BCUT2D eigenvalue weighted by atomic mass is 10.1. The molecule has 1 aliphatic heterocycles. The minimum atomic E-state index is 0.166. The maximum Gasteiger partial charge on any atom is 0.151 e. The molecule has 1 aromatic heterocycles. The van der Waals surface area contributed by atoms with Crippen molar-refractivity contribution in [2.24, 2.45) is 7.05 Å². The molecule has 2 heterocycles. The fourth-order valence-corrected chi connectivity index (χ4v) is 4.59. The Morgan fingerprint density at radius 1 is 1.56 bits per heavy atom. The summed E-state index contributed by atoms with van der Waals surface area (Å²) >= 11 is 3.72. The van der Waals surface area contributed by atoms with E-state index in [4.69, 9.17) is 0 Å². The van der Waals surface area contributed by atoms with E-state index in [1.54, 1.807) is 10.9 Å². The molecule has 1 aromatic rings. The van der Waals surface area contributed by atoms with Gasteiger partial charge in [0.1, 0.15) is 0 Å². The zero-order valence-corrected chi connectivity index (χ0v) is 11.2. The lowest BCUT2D eigenvalue weighted by Crippen LogP contribution is -2.32. The first-order valence-electron chi connectivity index (χ1n) is 5.40. The summed E-state index contributed by atoms with van der Waals surface area (Å²) in [5.41, 5.74) is 1.02. The quantitative estimate of drug-likeness (QED) is 0.825. The molecule has 2 unspecified atom stereocenters. The zero-order chi connectivity index (χ0) is 11.5. The van der Waals surface area contributed by atoms with Crippen LogP contribution in [0.2, 0.25) is 0 Å². The molecule has 0 bridgehead atoms. The van der Waals surface area contributed by atoms with E-state index in [-0.39, 0.29) is 5.25 Å². The van der Waals surface area contributed by atoms with Gasteiger partial charge in [0.25, 0.3) is 0 Å². The molecule has 3 nitrogen and oxygen atoms in total. The largest absolute Gasteiger partial charge is 0.298 e. The minimum absolute atomic E-state index is 0.166. The normalized spacial score (nSPS) is 25.6. The molecule has 0 radical (unpaired) electrons. The van der Waals surface area contributed by atoms with Crippen LogP contribution in [0.3, 0.4) is 0 Å². The van der Waals surface area contributed by atoms with E-state index in [9.17, 15) is 4.79 Å². The number of aromatic nitrogens is 2. The van der Waals surface area contributed by atoms with Gasteiger partial charge in [-0.25, -0.2) is 0 Å². The number of nitrogens with zero attached hydrogens (tertiary/aromatic N) is 2. The topological polar surface area (TPSA) is 34.9 Å². The summed E-state index contributed by atoms with van der Waals surface area (Å²) in [6.45, 7) is 2.16. The second-order valence-electron chi connectivity index (χ2n) is 4.03. The highest BCUT2D eigenvalue weighted by Gasteiger charge is 2.28. The van der Waals surface area contributed by atoms with Gasteiger partial charge in [0.05, 0.1) is 11.4 Å². The third kappa shape index (κ3) is 2.83. The highest BCUT2D eigenvalue weighted by molar-refractivity contribution is 8.07. The molecule has 0 saturated carbocycles. The van der Waals surface area contributed by atoms with E-state index in [2.05, 4.69) is 12.0 Å². The number of ketones is 1. The summed E-state index contributed by atoms with van der Waals surface area (Å²) in [5.74, 6) is 2.61. The molecule has 5 heteroatoms. The van der Waals surface area contributed by atoms with E-state index >= 15 is 0 Å². The van der Waals surface area contributed by atoms with Crippen molar-refractivity contribution in [1.82, 2.24) is 9.78 Å². The smallest absolute Gasteiger partial charge is 0.151 e. The molecular formula is C11H16N2OS2. The van der Waals surface area contributed by atoms with Crippen molar-refractivity contribution in [2.75, 3.05) is 11.5 Å². The maximum absolute atomic E-state index is 12.1. The second-order valence-corrected chi connectivity index (χ2v) is 6.77. The number of carbonyl (C=O) groups is 1. The SMILES string of the molecule is CC1SCCSC1C(=O)Cc1cnn(C)c1. The van der Waals surface area contributed by atoms with Gasteiger partial charge in [0.2, 0.25) is 0 Å². The lowest BCUT2D eigenvalue weighted by Gasteiger charge is -2.26. The van der Waals surface area contributed by atoms with Gasteiger partial charge in [0, 0.05) is 36.4 Å². The van der Waals surface area contributed by atoms with Crippen molar-refractivity contribution in [2.45, 2.75) is 23.8 Å². The molecule has 0 aromatic carbocycles. The number of hydrogen-bond acceptors (Lipinski definition) is 4. The molecule has 88 valence electrons. The first-order chi connectivity index (χ1) is 7.66. The Kier molecular flexibility index (Phi) is 3.97. The van der Waals surface area contributed by atoms with E-state index in [0.29, 0.717) is 17.5 Å². The second kappa shape index (κ2) is 5.27. The van der Waals surface area contributed by atoms with E-state index < -0.39 is 0 Å². The van der Waals surface area contributed by atoms with Gasteiger partial charge in [-0.2, -0.15) is 16.9 Å². The van der Waals surface area contributed by atoms with Crippen molar-refractivity contribution >= 4 is 29.3 Å². The first kappa shape index (κ1) is 12.0. The van der Waals surface area contributed by atoms with Crippen LogP contribution in [0.25, 0.3) is 0 Å². The molecule has 0 aliphatic carbocycles. The van der Waals surface area contributed by atoms with Gasteiger partial charge < -0.3 is 0 Å². The summed E-state index contributed by atoms with van der Waals surface area (Å²) in [7, 11) is 1.88. The monoisotopic (exact) mass is 256 g/mol. The van der Waals surface area contributed by atoms with Crippen LogP contribution in [-0.4, -0.2) is 37.6 Å². The van der Waals surface area contributed by atoms with Crippen LogP contribution >= 0.6 is 23.5 Å². The molecule has 2 atom stereocenters. The Balaban J connectivity index is 1.96. The fraction of sp³-hybridized carbons (Fsp3) is 0.636. The van der Waals surface area contributed by atoms with Crippen molar-refractivity contribution < 1.29 is 4.79 Å². The van der Waals surface area contributed by atoms with Crippen LogP contribution in [0.5, 0.6) is 0 Å². The Morgan fingerprint density at radius 2 is 2.31 bits per heavy atom. The summed E-state index contributed by atoms with van der Waals surface area (Å²) in [4.78, 5) is 12.1. The number of hydrogen-bond donors (Lipinski definition) is 0. The van der Waals surface area contributed by atoms with Crippen molar-refractivity contribution in [3.05, 3.63) is 18.0 Å². The van der Waals surface area contributed by atoms with Gasteiger partial charge in [0.15, 0.2) is 5.78 Å². The van der Waals surface area contributed by atoms with Crippen molar-refractivity contribution in [3.8, 4) is 0 Å². The van der Waals surface area contributed by atoms with E-state index in [0.717, 1.165) is 11.3 Å². The third-order valence-electron chi connectivity index (χ3n) is 2.64. The molecule has 1 fully saturated rings. The number of thioether (sulfide) groups is 2. The Bertz CT molecular complexity index is 378. The molecule has 0 N–H and O–H groups in total. The highest BCUT2D eigenvalue weighted by atomic mass is 32.2. The Labute approximate surface area is 104 Å². The summed E-state index contributed by atoms with van der Waals surface area (Å²) in [5, 5.41) is 4.70. The molecule has 0 spiro atoms. The van der Waals surface area contributed by atoms with Gasteiger partial charge in [-0.1, -0.05) is 6.92 Å². The van der Waals surface area contributed by atoms with Crippen LogP contribution in [0, 0.1) is 0 Å². The van der Waals surface area contributed by atoms with Crippen LogP contribution in [0.1, 0.15) is 12.5 Å². The Morgan fingerprint density at radius 3 is 2.94 bits per heavy atom. The summed E-state index contributed by atoms with van der Waals surface area (Å²) < 4.78 is 1.74. The van der Waals surface area contributed by atoms with Crippen LogP contribution < -0.4 is 0 Å². The van der Waals surface area contributed by atoms with Crippen LogP contribution in [0.4, 0.5) is 0 Å². The molecule has 1 aliphatic rings. The van der Waals surface area contributed by atoms with Crippen molar-refractivity contribution in [1.29, 1.82) is 0 Å². The minimum Gasteiger partial charge on any atom is -0.298 e. The van der Waals surface area contributed by atoms with E-state index in [1.165, 1.54) is 5.75 Å². The number of Topliss-reactive ketones (excluding diaryl/α,β-unsaturated/α-hetero) is 1. The van der Waals surface area contributed by atoms with Crippen LogP contribution in [-0.2, 0) is 18.3 Å². The fourth-order valence-electron chi connectivity index (χ4n) is 1.85. The standard InChI is InChI=1S/C11H16N2OS2/c1-8-11(16-4-3-15-8)10(14)5-9-6-12-13(2)7-9/h6-8,11H,3-5H2,1-2H3. The summed E-state index contributed by atoms with van der Waals surface area (Å²) in [6.07, 6.45) is 4.23. The number of rotatable bonds is 3. The van der Waals surface area contributed by atoms with Crippen LogP contribution in [0.15, 0.2) is 12.4 Å². The zero-order valence-electron chi connectivity index (χ0n) is 9.55. The average Bonchev–Trinajstić information content (AvgIpc) is 2.64. The lowest BCUT2D eigenvalue weighted by molar-refractivity contribution is -0.117. The molecule has 0 amide bonds. The first-order valence-corrected chi connectivity index (χ1v) is 7.50. The number of carbonyl (C=O) groups excluding carboxylic acids is 1. The highest BCUT2D eigenvalue weighted by Crippen LogP contribution is 2.32. The molecule has 16 heavy (non-hydrogen) atoms. The van der Waals surface area contributed by atoms with Gasteiger partial charge in [-0.15, -0.1) is 11.8 Å². The Hall–Kier alpha value is -0.420. The average molecular weight is 256 g/mol. The summed E-state index contributed by atoms with van der Waals surface area (Å²) in [6, 6.07) is 0. The number of aryl methyl sites for hydroxylation is 1. The molecule has 1 saturated heterocycles. The van der Waals surface area contributed by atoms with Gasteiger partial charge in [-0.3, -0.25) is 9.48 Å². The third-order valence-corrected chi connectivity index (χ3v) is 5.78. The van der Waals surface area contributed by atoms with E-state index in [1.807, 2.05) is 36.8 Å². The van der Waals surface area contributed by atoms with Gasteiger partial charge in [-0.05, 0) is 5.56 Å². The molecular weight excluding hydrogens is 240 g/mol. The molecule has 2 rings (SSSR count). The predicted molar refractivity (Wildman–Crippen MR) is 70.1 cm³/mol.